The van der Waals surface area contributed by atoms with Crippen molar-refractivity contribution < 1.29 is 32.8 Å². The molecule has 0 bridgehead atoms. The highest BCUT2D eigenvalue weighted by Gasteiger charge is 2.48. The maximum atomic E-state index is 13.5. The summed E-state index contributed by atoms with van der Waals surface area (Å²) in [5.74, 6) is -1.84. The van der Waals surface area contributed by atoms with Crippen molar-refractivity contribution in [3.63, 3.8) is 0 Å². The third kappa shape index (κ3) is 5.39. The summed E-state index contributed by atoms with van der Waals surface area (Å²) in [6.07, 6.45) is 1.44. The van der Waals surface area contributed by atoms with Gasteiger partial charge < -0.3 is 19.3 Å². The lowest BCUT2D eigenvalue weighted by atomic mass is 9.93. The number of carbonyl (C=O) groups excluding carboxylic acids is 3. The van der Waals surface area contributed by atoms with Crippen LogP contribution in [0.25, 0.3) is 10.8 Å². The van der Waals surface area contributed by atoms with Gasteiger partial charge in [0.15, 0.2) is 6.10 Å². The maximum Gasteiger partial charge on any atom is 0.350 e. The van der Waals surface area contributed by atoms with Crippen LogP contribution in [0.4, 0.5) is 5.69 Å². The molecule has 0 aromatic heterocycles. The second-order valence-electron chi connectivity index (χ2n) is 9.96. The van der Waals surface area contributed by atoms with Crippen molar-refractivity contribution in [2.24, 2.45) is 0 Å². The smallest absolute Gasteiger partial charge is 0.324 e. The summed E-state index contributed by atoms with van der Waals surface area (Å²) in [5.41, 5.74) is 1.26. The van der Waals surface area contributed by atoms with Crippen molar-refractivity contribution in [2.45, 2.75) is 45.0 Å². The van der Waals surface area contributed by atoms with E-state index in [1.807, 2.05) is 6.07 Å². The molecule has 3 aliphatic rings. The van der Waals surface area contributed by atoms with Crippen molar-refractivity contribution in [3.05, 3.63) is 41.5 Å². The second kappa shape index (κ2) is 11.4. The van der Waals surface area contributed by atoms with Gasteiger partial charge in [-0.3, -0.25) is 28.7 Å². The van der Waals surface area contributed by atoms with E-state index >= 15 is 0 Å². The number of hydroxylamine groups is 2. The molecule has 210 valence electrons. The summed E-state index contributed by atoms with van der Waals surface area (Å²) >= 11 is 0. The number of anilines is 1. The Labute approximate surface area is 227 Å². The van der Waals surface area contributed by atoms with Crippen molar-refractivity contribution in [2.75, 3.05) is 51.8 Å². The number of nitrogens with one attached hydrogen (secondary N) is 1. The Morgan fingerprint density at radius 3 is 2.44 bits per heavy atom. The molecule has 2 saturated heterocycles. The number of carbonyl (C=O) groups is 3. The SMILES string of the molecule is CCOP(=O)(OCC)[C@@H]1C[C@@H](C(=O)Nc2cc3c4c(cccc4c2)C(=O)N(CCN2CCCC2)C3=O)ON1C. The molecule has 11 nitrogen and oxygen atoms in total. The predicted octanol–water partition coefficient (Wildman–Crippen LogP) is 3.70. The highest BCUT2D eigenvalue weighted by Crippen LogP contribution is 2.57. The molecule has 2 aromatic carbocycles. The lowest BCUT2D eigenvalue weighted by Crippen LogP contribution is -2.44. The highest BCUT2D eigenvalue weighted by atomic mass is 31.2. The molecule has 0 aliphatic carbocycles. The average Bonchev–Trinajstić information content (AvgIpc) is 3.57. The normalized spacial score (nSPS) is 22.3. The van der Waals surface area contributed by atoms with E-state index in [2.05, 4.69) is 10.2 Å². The lowest BCUT2D eigenvalue weighted by Gasteiger charge is -2.29. The van der Waals surface area contributed by atoms with Gasteiger partial charge in [-0.1, -0.05) is 12.1 Å². The standard InChI is InChI=1S/C27H35N4O7P/c1-4-36-39(35,37-5-2)23-17-22(38-29(23)3)25(32)28-19-15-18-9-8-10-20-24(18)21(16-19)27(34)31(26(20)33)14-13-30-11-6-7-12-30/h8-10,15-16,22-23H,4-7,11-14,17H2,1-3H3,(H,28,32)/t22-,23+/m0/s1. The molecule has 0 spiro atoms. The van der Waals surface area contributed by atoms with Crippen LogP contribution in [0.1, 0.15) is 53.8 Å². The van der Waals surface area contributed by atoms with Gasteiger partial charge in [0, 0.05) is 43.2 Å². The molecule has 2 fully saturated rings. The van der Waals surface area contributed by atoms with Crippen LogP contribution in [0.5, 0.6) is 0 Å². The summed E-state index contributed by atoms with van der Waals surface area (Å²) < 4.78 is 24.2. The first-order valence-corrected chi connectivity index (χ1v) is 15.1. The van der Waals surface area contributed by atoms with Gasteiger partial charge in [0.05, 0.1) is 18.8 Å². The summed E-state index contributed by atoms with van der Waals surface area (Å²) in [6, 6.07) is 8.68. The molecule has 0 unspecified atom stereocenters. The Morgan fingerprint density at radius 2 is 1.74 bits per heavy atom. The number of hydrogen-bond acceptors (Lipinski definition) is 9. The molecule has 1 N–H and O–H groups in total. The van der Waals surface area contributed by atoms with Gasteiger partial charge in [-0.15, -0.1) is 0 Å². The average molecular weight is 559 g/mol. The molecular weight excluding hydrogens is 523 g/mol. The molecule has 3 aliphatic heterocycles. The molecule has 3 amide bonds. The van der Waals surface area contributed by atoms with Gasteiger partial charge in [-0.2, -0.15) is 5.06 Å². The zero-order valence-corrected chi connectivity index (χ0v) is 23.4. The Morgan fingerprint density at radius 1 is 1.05 bits per heavy atom. The van der Waals surface area contributed by atoms with Gasteiger partial charge in [0.1, 0.15) is 5.78 Å². The van der Waals surface area contributed by atoms with Crippen molar-refractivity contribution in [1.29, 1.82) is 0 Å². The van der Waals surface area contributed by atoms with Crippen molar-refractivity contribution in [1.82, 2.24) is 14.9 Å². The van der Waals surface area contributed by atoms with Crippen LogP contribution < -0.4 is 5.32 Å². The summed E-state index contributed by atoms with van der Waals surface area (Å²) in [5, 5.41) is 5.48. The van der Waals surface area contributed by atoms with E-state index in [1.54, 1.807) is 45.2 Å². The quantitative estimate of drug-likeness (QED) is 0.344. The zero-order valence-electron chi connectivity index (χ0n) is 22.6. The van der Waals surface area contributed by atoms with Gasteiger partial charge in [-0.25, -0.2) is 0 Å². The van der Waals surface area contributed by atoms with Crippen LogP contribution in [0.2, 0.25) is 0 Å². The first kappa shape index (κ1) is 27.9. The number of amides is 3. The largest absolute Gasteiger partial charge is 0.350 e. The topological polar surface area (TPSA) is 118 Å². The number of imide groups is 1. The summed E-state index contributed by atoms with van der Waals surface area (Å²) in [4.78, 5) is 49.3. The van der Waals surface area contributed by atoms with E-state index in [0.717, 1.165) is 25.9 Å². The molecule has 12 heteroatoms. The molecular formula is C27H35N4O7P. The van der Waals surface area contributed by atoms with Crippen LogP contribution in [0.3, 0.4) is 0 Å². The second-order valence-corrected chi connectivity index (χ2v) is 12.2. The van der Waals surface area contributed by atoms with Crippen LogP contribution in [-0.4, -0.2) is 90.9 Å². The number of nitrogens with zero attached hydrogens (tertiary/aromatic N) is 3. The fourth-order valence-electron chi connectivity index (χ4n) is 5.61. The Balaban J connectivity index is 1.36. The van der Waals surface area contributed by atoms with E-state index in [1.165, 1.54) is 9.96 Å². The monoisotopic (exact) mass is 558 g/mol. The van der Waals surface area contributed by atoms with Gasteiger partial charge in [-0.05, 0) is 63.4 Å². The minimum absolute atomic E-state index is 0.113. The van der Waals surface area contributed by atoms with Crippen molar-refractivity contribution in [3.8, 4) is 0 Å². The third-order valence-electron chi connectivity index (χ3n) is 7.45. The van der Waals surface area contributed by atoms with Crippen LogP contribution in [0, 0.1) is 0 Å². The maximum absolute atomic E-state index is 13.5. The zero-order chi connectivity index (χ0) is 27.7. The predicted molar refractivity (Wildman–Crippen MR) is 146 cm³/mol. The number of benzene rings is 2. The molecule has 2 atom stereocenters. The number of rotatable bonds is 10. The Hall–Kier alpha value is -2.66. The highest BCUT2D eigenvalue weighted by molar-refractivity contribution is 7.54. The van der Waals surface area contributed by atoms with E-state index < -0.39 is 25.4 Å². The van der Waals surface area contributed by atoms with E-state index in [4.69, 9.17) is 13.9 Å². The number of hydrogen-bond donors (Lipinski definition) is 1. The van der Waals surface area contributed by atoms with Crippen molar-refractivity contribution >= 4 is 41.8 Å². The molecule has 39 heavy (non-hydrogen) atoms. The third-order valence-corrected chi connectivity index (χ3v) is 9.95. The Kier molecular flexibility index (Phi) is 8.19. The van der Waals surface area contributed by atoms with Crippen LogP contribution >= 0.6 is 7.60 Å². The molecule has 3 heterocycles. The number of likely N-dealkylation sites (tertiary alicyclic amines) is 1. The van der Waals surface area contributed by atoms with Crippen LogP contribution in [0.15, 0.2) is 30.3 Å². The van der Waals surface area contributed by atoms with E-state index in [0.29, 0.717) is 40.7 Å². The van der Waals surface area contributed by atoms with Gasteiger partial charge in [0.2, 0.25) is 0 Å². The summed E-state index contributed by atoms with van der Waals surface area (Å²) in [6.45, 7) is 6.76. The first-order valence-electron chi connectivity index (χ1n) is 13.5. The lowest BCUT2D eigenvalue weighted by molar-refractivity contribution is -0.155. The minimum Gasteiger partial charge on any atom is -0.324 e. The molecule has 2 aromatic rings. The first-order chi connectivity index (χ1) is 18.8. The molecule has 0 saturated carbocycles. The van der Waals surface area contributed by atoms with E-state index in [-0.39, 0.29) is 31.4 Å². The summed E-state index contributed by atoms with van der Waals surface area (Å²) in [7, 11) is -1.93. The minimum atomic E-state index is -3.53. The van der Waals surface area contributed by atoms with Crippen LogP contribution in [-0.2, 0) is 23.2 Å². The van der Waals surface area contributed by atoms with Gasteiger partial charge in [0.25, 0.3) is 17.7 Å². The molecule has 5 rings (SSSR count). The van der Waals surface area contributed by atoms with E-state index in [9.17, 15) is 18.9 Å². The Bertz CT molecular complexity index is 1320. The van der Waals surface area contributed by atoms with Gasteiger partial charge >= 0.3 is 7.60 Å². The molecule has 0 radical (unpaired) electrons. The fourth-order valence-corrected chi connectivity index (χ4v) is 7.65. The fraction of sp³-hybridized carbons (Fsp3) is 0.519.